The molecule has 4 rings (SSSR count). The summed E-state index contributed by atoms with van der Waals surface area (Å²) < 4.78 is 44.3. The van der Waals surface area contributed by atoms with Crippen LogP contribution in [0.4, 0.5) is 13.2 Å². The number of fused-ring (bicyclic) bond motifs is 1. The summed E-state index contributed by atoms with van der Waals surface area (Å²) in [7, 11) is 0. The Hall–Kier alpha value is -4.15. The Balaban J connectivity index is 1.45. The molecule has 2 aromatic carbocycles. The highest BCUT2D eigenvalue weighted by Gasteiger charge is 2.44. The van der Waals surface area contributed by atoms with Crippen LogP contribution in [-0.4, -0.2) is 46.1 Å². The Labute approximate surface area is 216 Å². The topological polar surface area (TPSA) is 118 Å². The number of pyridine rings is 1. The highest BCUT2D eigenvalue weighted by molar-refractivity contribution is 5.95. The summed E-state index contributed by atoms with van der Waals surface area (Å²) in [6, 6.07) is 13.3. The third-order valence-corrected chi connectivity index (χ3v) is 6.53. The quantitative estimate of drug-likeness (QED) is 0.423. The molecule has 38 heavy (non-hydrogen) atoms. The molecule has 3 unspecified atom stereocenters. The normalized spacial score (nSPS) is 19.5. The first kappa shape index (κ1) is 26.9. The number of aromatic nitrogens is 1. The predicted molar refractivity (Wildman–Crippen MR) is 131 cm³/mol. The molecule has 1 saturated carbocycles. The van der Waals surface area contributed by atoms with Crippen molar-refractivity contribution in [3.05, 3.63) is 71.4 Å². The van der Waals surface area contributed by atoms with Crippen molar-refractivity contribution < 1.29 is 37.4 Å². The molecule has 11 heteroatoms. The van der Waals surface area contributed by atoms with Gasteiger partial charge in [-0.05, 0) is 56.2 Å². The van der Waals surface area contributed by atoms with Gasteiger partial charge in [0.1, 0.15) is 12.4 Å². The summed E-state index contributed by atoms with van der Waals surface area (Å²) in [4.78, 5) is 40.6. The Morgan fingerprint density at radius 1 is 1.05 bits per heavy atom. The molecule has 0 radical (unpaired) electrons. The van der Waals surface area contributed by atoms with E-state index >= 15 is 0 Å². The first-order valence-corrected chi connectivity index (χ1v) is 12.0. The van der Waals surface area contributed by atoms with Gasteiger partial charge in [-0.3, -0.25) is 19.4 Å². The Bertz CT molecular complexity index is 1340. The fraction of sp³-hybridized carbons (Fsp3) is 0.333. The van der Waals surface area contributed by atoms with Crippen LogP contribution < -0.4 is 15.4 Å². The summed E-state index contributed by atoms with van der Waals surface area (Å²) in [5.74, 6) is -4.77. The number of aliphatic carboxylic acids is 1. The number of carboxylic acid groups (broad SMARTS) is 1. The van der Waals surface area contributed by atoms with Gasteiger partial charge in [0.05, 0.1) is 23.5 Å². The average molecular weight is 530 g/mol. The lowest BCUT2D eigenvalue weighted by Gasteiger charge is -2.37. The maximum atomic E-state index is 12.9. The van der Waals surface area contributed by atoms with Crippen molar-refractivity contribution in [1.29, 1.82) is 0 Å². The number of rotatable bonds is 7. The summed E-state index contributed by atoms with van der Waals surface area (Å²) in [5.41, 5.74) is 2.81. The smallest absolute Gasteiger partial charge is 0.471 e. The van der Waals surface area contributed by atoms with Gasteiger partial charge in [0.15, 0.2) is 0 Å². The molecule has 2 amide bonds. The second-order valence-corrected chi connectivity index (χ2v) is 9.21. The molecule has 1 aliphatic rings. The Morgan fingerprint density at radius 2 is 1.76 bits per heavy atom. The van der Waals surface area contributed by atoms with Crippen LogP contribution >= 0.6 is 0 Å². The van der Waals surface area contributed by atoms with Crippen LogP contribution in [0.1, 0.15) is 40.9 Å². The number of hydrogen-bond donors (Lipinski definition) is 3. The van der Waals surface area contributed by atoms with Gasteiger partial charge in [-0.1, -0.05) is 24.6 Å². The van der Waals surface area contributed by atoms with Crippen molar-refractivity contribution in [2.24, 2.45) is 5.92 Å². The van der Waals surface area contributed by atoms with E-state index in [-0.39, 0.29) is 25.0 Å². The SMILES string of the molecule is Cc1cc(COc2ccc(C(=O)NC3C(NC(=O)C(F)(F)F)CCCC3C(=O)O)cc2)c2ccccc2n1. The summed E-state index contributed by atoms with van der Waals surface area (Å²) >= 11 is 0. The number of halogens is 3. The molecule has 0 aliphatic heterocycles. The molecule has 200 valence electrons. The van der Waals surface area contributed by atoms with Crippen LogP contribution in [0.2, 0.25) is 0 Å². The maximum Gasteiger partial charge on any atom is 0.471 e. The van der Waals surface area contributed by atoms with Crippen molar-refractivity contribution in [2.45, 2.75) is 51.1 Å². The molecule has 1 aliphatic carbocycles. The molecule has 3 atom stereocenters. The number of nitrogens with one attached hydrogen (secondary N) is 2. The number of benzene rings is 2. The zero-order valence-electron chi connectivity index (χ0n) is 20.4. The van der Waals surface area contributed by atoms with Gasteiger partial charge in [-0.2, -0.15) is 13.2 Å². The van der Waals surface area contributed by atoms with Gasteiger partial charge >= 0.3 is 18.1 Å². The number of alkyl halides is 3. The highest BCUT2D eigenvalue weighted by atomic mass is 19.4. The van der Waals surface area contributed by atoms with Crippen LogP contribution in [0.15, 0.2) is 54.6 Å². The molecule has 0 spiro atoms. The molecule has 3 aromatic rings. The predicted octanol–water partition coefficient (Wildman–Crippen LogP) is 4.15. The molecule has 3 N–H and O–H groups in total. The fourth-order valence-corrected chi connectivity index (χ4v) is 4.70. The van der Waals surface area contributed by atoms with Gasteiger partial charge < -0.3 is 20.5 Å². The number of carboxylic acids is 1. The van der Waals surface area contributed by atoms with Crippen LogP contribution in [0.25, 0.3) is 10.9 Å². The number of hydrogen-bond acceptors (Lipinski definition) is 5. The molecule has 8 nitrogen and oxygen atoms in total. The lowest BCUT2D eigenvalue weighted by molar-refractivity contribution is -0.175. The van der Waals surface area contributed by atoms with E-state index in [2.05, 4.69) is 10.3 Å². The summed E-state index contributed by atoms with van der Waals surface area (Å²) in [5, 5.41) is 14.9. The Kier molecular flexibility index (Phi) is 7.84. The van der Waals surface area contributed by atoms with Crippen molar-refractivity contribution in [2.75, 3.05) is 0 Å². The zero-order valence-corrected chi connectivity index (χ0v) is 20.4. The van der Waals surface area contributed by atoms with E-state index in [0.717, 1.165) is 22.2 Å². The van der Waals surface area contributed by atoms with Crippen LogP contribution in [0.3, 0.4) is 0 Å². The molecular formula is C27H26F3N3O5. The number of nitrogens with zero attached hydrogens (tertiary/aromatic N) is 1. The minimum absolute atomic E-state index is 0.104. The molecule has 0 saturated heterocycles. The zero-order chi connectivity index (χ0) is 27.4. The minimum Gasteiger partial charge on any atom is -0.489 e. The lowest BCUT2D eigenvalue weighted by atomic mass is 9.80. The number of carbonyl (C=O) groups is 3. The minimum atomic E-state index is -5.12. The average Bonchev–Trinajstić information content (AvgIpc) is 2.87. The lowest BCUT2D eigenvalue weighted by Crippen LogP contribution is -2.60. The Morgan fingerprint density at radius 3 is 2.45 bits per heavy atom. The second-order valence-electron chi connectivity index (χ2n) is 9.21. The van der Waals surface area contributed by atoms with Gasteiger partial charge in [0.2, 0.25) is 0 Å². The number of ether oxygens (including phenoxy) is 1. The number of carbonyl (C=O) groups excluding carboxylic acids is 2. The van der Waals surface area contributed by atoms with E-state index in [4.69, 9.17) is 4.74 Å². The van der Waals surface area contributed by atoms with E-state index in [0.29, 0.717) is 12.2 Å². The van der Waals surface area contributed by atoms with E-state index in [1.54, 1.807) is 12.1 Å². The standard InChI is InChI=1S/C27H26F3N3O5/c1-15-13-17(19-5-2-3-7-21(19)31-15)14-38-18-11-9-16(10-12-18)24(34)33-23-20(25(35)36)6-4-8-22(23)32-26(37)27(28,29)30/h2-3,5,7,9-13,20,22-23H,4,6,8,14H2,1H3,(H,32,37)(H,33,34)(H,35,36). The van der Waals surface area contributed by atoms with Crippen molar-refractivity contribution in [3.63, 3.8) is 0 Å². The van der Waals surface area contributed by atoms with E-state index in [1.165, 1.54) is 12.1 Å². The fourth-order valence-electron chi connectivity index (χ4n) is 4.70. The van der Waals surface area contributed by atoms with Gasteiger partial charge in [-0.25, -0.2) is 0 Å². The van der Waals surface area contributed by atoms with Gasteiger partial charge in [-0.15, -0.1) is 0 Å². The largest absolute Gasteiger partial charge is 0.489 e. The molecule has 1 fully saturated rings. The number of para-hydroxylation sites is 1. The van der Waals surface area contributed by atoms with Crippen LogP contribution in [0.5, 0.6) is 5.75 Å². The first-order valence-electron chi connectivity index (χ1n) is 12.0. The van der Waals surface area contributed by atoms with Crippen molar-refractivity contribution >= 4 is 28.7 Å². The molecule has 1 heterocycles. The monoisotopic (exact) mass is 529 g/mol. The summed E-state index contributed by atoms with van der Waals surface area (Å²) in [6.45, 7) is 2.15. The van der Waals surface area contributed by atoms with Gasteiger partial charge in [0.25, 0.3) is 5.91 Å². The molecule has 0 bridgehead atoms. The first-order chi connectivity index (χ1) is 18.0. The maximum absolute atomic E-state index is 12.9. The van der Waals surface area contributed by atoms with Crippen LogP contribution in [0, 0.1) is 12.8 Å². The van der Waals surface area contributed by atoms with Crippen molar-refractivity contribution in [1.82, 2.24) is 15.6 Å². The number of aryl methyl sites for hydroxylation is 1. The molecule has 1 aromatic heterocycles. The van der Waals surface area contributed by atoms with Crippen LogP contribution in [-0.2, 0) is 16.2 Å². The third-order valence-electron chi connectivity index (χ3n) is 6.53. The highest BCUT2D eigenvalue weighted by Crippen LogP contribution is 2.27. The van der Waals surface area contributed by atoms with E-state index in [9.17, 15) is 32.7 Å². The van der Waals surface area contributed by atoms with E-state index in [1.807, 2.05) is 42.6 Å². The van der Waals surface area contributed by atoms with E-state index < -0.39 is 42.0 Å². The number of amides is 2. The van der Waals surface area contributed by atoms with Gasteiger partial charge in [0, 0.05) is 22.2 Å². The van der Waals surface area contributed by atoms with Crippen molar-refractivity contribution in [3.8, 4) is 5.75 Å². The summed E-state index contributed by atoms with van der Waals surface area (Å²) in [6.07, 6.45) is -4.56. The second kappa shape index (κ2) is 11.1. The third kappa shape index (κ3) is 6.21. The molecular weight excluding hydrogens is 503 g/mol.